The van der Waals surface area contributed by atoms with Crippen LogP contribution in [-0.2, 0) is 19.1 Å². The van der Waals surface area contributed by atoms with Crippen LogP contribution in [0.25, 0.3) is 11.0 Å². The maximum Gasteiger partial charge on any atom is 0.321 e. The van der Waals surface area contributed by atoms with Crippen molar-refractivity contribution in [1.82, 2.24) is 14.5 Å². The van der Waals surface area contributed by atoms with Gasteiger partial charge in [-0.2, -0.15) is 0 Å². The molecule has 1 aliphatic heterocycles. The first-order chi connectivity index (χ1) is 14.7. The van der Waals surface area contributed by atoms with E-state index >= 15 is 0 Å². The predicted molar refractivity (Wildman–Crippen MR) is 111 cm³/mol. The molecule has 3 aromatic rings. The van der Waals surface area contributed by atoms with Gasteiger partial charge in [-0.25, -0.2) is 4.98 Å². The summed E-state index contributed by atoms with van der Waals surface area (Å²) in [6, 6.07) is 12.5. The number of benzene rings is 1. The summed E-state index contributed by atoms with van der Waals surface area (Å²) in [4.78, 5) is 37.3. The lowest BCUT2D eigenvalue weighted by Gasteiger charge is -2.37. The second kappa shape index (κ2) is 8.62. The highest BCUT2D eigenvalue weighted by molar-refractivity contribution is 6.08. The number of fused-ring (bicyclic) bond motifs is 3. The third-order valence-corrected chi connectivity index (χ3v) is 5.21. The number of anilines is 1. The van der Waals surface area contributed by atoms with Crippen LogP contribution in [0.2, 0.25) is 0 Å². The Labute approximate surface area is 174 Å². The van der Waals surface area contributed by atoms with Crippen LogP contribution in [0.3, 0.4) is 0 Å². The van der Waals surface area contributed by atoms with Gasteiger partial charge < -0.3 is 9.47 Å². The molecule has 1 aromatic carbocycles. The fraction of sp³-hybridized carbons (Fsp3) is 0.364. The van der Waals surface area contributed by atoms with Crippen molar-refractivity contribution in [3.05, 3.63) is 54.4 Å². The number of esters is 1. The lowest BCUT2D eigenvalue weighted by atomic mass is 9.92. The van der Waals surface area contributed by atoms with Gasteiger partial charge in [-0.05, 0) is 37.6 Å². The minimum absolute atomic E-state index is 0.193. The number of hydrogen-bond acceptors (Lipinski definition) is 6. The Morgan fingerprint density at radius 2 is 1.97 bits per heavy atom. The standard InChI is InChI=1S/C22H24N4O4/c1-3-30-21(28)18-19(16-10-6-7-12-23-16)26-17-11-5-4-9-15(17)24-22(26)25(20(18)27)13-8-14-29-2/h4-7,9-12,18-19H,3,8,13-14H2,1-2H3. The summed E-state index contributed by atoms with van der Waals surface area (Å²) < 4.78 is 12.4. The van der Waals surface area contributed by atoms with Crippen molar-refractivity contribution in [3.8, 4) is 0 Å². The molecule has 0 saturated heterocycles. The summed E-state index contributed by atoms with van der Waals surface area (Å²) in [5.41, 5.74) is 2.20. The quantitative estimate of drug-likeness (QED) is 0.339. The van der Waals surface area contributed by atoms with Crippen molar-refractivity contribution in [2.24, 2.45) is 5.92 Å². The molecular weight excluding hydrogens is 384 g/mol. The van der Waals surface area contributed by atoms with Gasteiger partial charge >= 0.3 is 5.97 Å². The Hall–Kier alpha value is -3.26. The number of nitrogens with zero attached hydrogens (tertiary/aromatic N) is 4. The molecule has 0 N–H and O–H groups in total. The van der Waals surface area contributed by atoms with Gasteiger partial charge in [-0.1, -0.05) is 18.2 Å². The van der Waals surface area contributed by atoms with Crippen LogP contribution in [0.1, 0.15) is 25.1 Å². The third-order valence-electron chi connectivity index (χ3n) is 5.21. The molecule has 30 heavy (non-hydrogen) atoms. The van der Waals surface area contributed by atoms with Crippen molar-refractivity contribution in [2.45, 2.75) is 19.4 Å². The minimum Gasteiger partial charge on any atom is -0.465 e. The lowest BCUT2D eigenvalue weighted by molar-refractivity contribution is -0.153. The predicted octanol–water partition coefficient (Wildman–Crippen LogP) is 2.58. The number of aromatic nitrogens is 3. The van der Waals surface area contributed by atoms with E-state index in [-0.39, 0.29) is 12.5 Å². The van der Waals surface area contributed by atoms with Crippen molar-refractivity contribution >= 4 is 28.9 Å². The Morgan fingerprint density at radius 1 is 1.17 bits per heavy atom. The van der Waals surface area contributed by atoms with Crippen LogP contribution >= 0.6 is 0 Å². The summed E-state index contributed by atoms with van der Waals surface area (Å²) in [5, 5.41) is 0. The maximum absolute atomic E-state index is 13.6. The van der Waals surface area contributed by atoms with Gasteiger partial charge in [0, 0.05) is 26.5 Å². The zero-order chi connectivity index (χ0) is 21.1. The van der Waals surface area contributed by atoms with E-state index < -0.39 is 17.9 Å². The fourth-order valence-electron chi connectivity index (χ4n) is 3.94. The van der Waals surface area contributed by atoms with Crippen LogP contribution in [0.15, 0.2) is 48.7 Å². The average molecular weight is 408 g/mol. The van der Waals surface area contributed by atoms with Crippen LogP contribution < -0.4 is 4.90 Å². The first-order valence-electron chi connectivity index (χ1n) is 10.0. The van der Waals surface area contributed by atoms with E-state index in [9.17, 15) is 9.59 Å². The van der Waals surface area contributed by atoms with Crippen LogP contribution in [0.4, 0.5) is 5.95 Å². The highest BCUT2D eigenvalue weighted by Gasteiger charge is 2.48. The minimum atomic E-state index is -1.05. The molecule has 0 fully saturated rings. The molecular formula is C22H24N4O4. The van der Waals surface area contributed by atoms with Crippen LogP contribution in [-0.4, -0.2) is 53.3 Å². The van der Waals surface area contributed by atoms with E-state index in [1.807, 2.05) is 41.0 Å². The monoisotopic (exact) mass is 408 g/mol. The molecule has 4 rings (SSSR count). The number of ether oxygens (including phenoxy) is 2. The number of carbonyl (C=O) groups is 2. The molecule has 0 radical (unpaired) electrons. The largest absolute Gasteiger partial charge is 0.465 e. The molecule has 1 amide bonds. The summed E-state index contributed by atoms with van der Waals surface area (Å²) in [7, 11) is 1.62. The van der Waals surface area contributed by atoms with Gasteiger partial charge in [-0.3, -0.25) is 24.0 Å². The van der Waals surface area contributed by atoms with Gasteiger partial charge in [0.15, 0.2) is 5.92 Å². The van der Waals surface area contributed by atoms with Crippen LogP contribution in [0.5, 0.6) is 0 Å². The number of amides is 1. The number of para-hydroxylation sites is 2. The van der Waals surface area contributed by atoms with Gasteiger partial charge in [-0.15, -0.1) is 0 Å². The molecule has 8 nitrogen and oxygen atoms in total. The second-order valence-electron chi connectivity index (χ2n) is 7.04. The number of methoxy groups -OCH3 is 1. The maximum atomic E-state index is 13.6. The van der Waals surface area contributed by atoms with Crippen molar-refractivity contribution in [1.29, 1.82) is 0 Å². The molecule has 156 valence electrons. The third kappa shape index (κ3) is 3.43. The highest BCUT2D eigenvalue weighted by Crippen LogP contribution is 2.40. The van der Waals surface area contributed by atoms with E-state index in [1.165, 1.54) is 0 Å². The van der Waals surface area contributed by atoms with E-state index in [4.69, 9.17) is 14.5 Å². The topological polar surface area (TPSA) is 86.5 Å². The zero-order valence-electron chi connectivity index (χ0n) is 17.0. The van der Waals surface area contributed by atoms with Crippen molar-refractivity contribution in [2.75, 3.05) is 31.8 Å². The number of carbonyl (C=O) groups excluding carboxylic acids is 2. The number of imidazole rings is 1. The molecule has 0 aliphatic carbocycles. The molecule has 0 spiro atoms. The van der Waals surface area contributed by atoms with E-state index in [1.54, 1.807) is 31.2 Å². The lowest BCUT2D eigenvalue weighted by Crippen LogP contribution is -2.50. The Morgan fingerprint density at radius 3 is 2.70 bits per heavy atom. The van der Waals surface area contributed by atoms with Gasteiger partial charge in [0.05, 0.1) is 23.3 Å². The Kier molecular flexibility index (Phi) is 5.76. The first-order valence-corrected chi connectivity index (χ1v) is 10.0. The van der Waals surface area contributed by atoms with Gasteiger partial charge in [0.2, 0.25) is 11.9 Å². The molecule has 2 aromatic heterocycles. The smallest absolute Gasteiger partial charge is 0.321 e. The zero-order valence-corrected chi connectivity index (χ0v) is 17.0. The van der Waals surface area contributed by atoms with Gasteiger partial charge in [0.1, 0.15) is 6.04 Å². The van der Waals surface area contributed by atoms with E-state index in [0.29, 0.717) is 31.2 Å². The molecule has 0 saturated carbocycles. The molecule has 0 bridgehead atoms. The second-order valence-corrected chi connectivity index (χ2v) is 7.04. The Bertz CT molecular complexity index is 1050. The summed E-state index contributed by atoms with van der Waals surface area (Å²) >= 11 is 0. The van der Waals surface area contributed by atoms with E-state index in [2.05, 4.69) is 4.98 Å². The van der Waals surface area contributed by atoms with Gasteiger partial charge in [0.25, 0.3) is 0 Å². The van der Waals surface area contributed by atoms with Crippen molar-refractivity contribution in [3.63, 3.8) is 0 Å². The fourth-order valence-corrected chi connectivity index (χ4v) is 3.94. The average Bonchev–Trinajstić information content (AvgIpc) is 3.14. The highest BCUT2D eigenvalue weighted by atomic mass is 16.5. The molecule has 2 atom stereocenters. The normalized spacial score (nSPS) is 18.5. The van der Waals surface area contributed by atoms with Crippen LogP contribution in [0, 0.1) is 5.92 Å². The summed E-state index contributed by atoms with van der Waals surface area (Å²) in [5.74, 6) is -1.43. The number of hydrogen-bond donors (Lipinski definition) is 0. The molecule has 8 heteroatoms. The molecule has 3 heterocycles. The van der Waals surface area contributed by atoms with Crippen molar-refractivity contribution < 1.29 is 19.1 Å². The SMILES string of the molecule is CCOC(=O)C1C(=O)N(CCCOC)c2nc3ccccc3n2C1c1ccccn1. The Balaban J connectivity index is 1.93. The summed E-state index contributed by atoms with van der Waals surface area (Å²) in [6.07, 6.45) is 2.28. The van der Waals surface area contributed by atoms with E-state index in [0.717, 1.165) is 11.0 Å². The molecule has 1 aliphatic rings. The number of rotatable bonds is 7. The molecule has 2 unspecified atom stereocenters. The first kappa shape index (κ1) is 20.0. The summed E-state index contributed by atoms with van der Waals surface area (Å²) in [6.45, 7) is 2.81. The number of pyridine rings is 1.